The first-order valence-electron chi connectivity index (χ1n) is 27.7. The van der Waals surface area contributed by atoms with Crippen molar-refractivity contribution in [2.24, 2.45) is 11.8 Å². The molecule has 376 valence electrons. The van der Waals surface area contributed by atoms with E-state index in [0.29, 0.717) is 11.8 Å². The molecule has 4 nitrogen and oxygen atoms in total. The zero-order valence-corrected chi connectivity index (χ0v) is 44.1. The molecule has 2 heterocycles. The molecule has 2 aromatic heterocycles. The third-order valence-electron chi connectivity index (χ3n) is 16.5. The fourth-order valence-electron chi connectivity index (χ4n) is 12.8. The second-order valence-electron chi connectivity index (χ2n) is 21.5. The van der Waals surface area contributed by atoms with E-state index in [9.17, 15) is 0 Å². The van der Waals surface area contributed by atoms with Gasteiger partial charge in [-0.1, -0.05) is 190 Å². The molecule has 0 fully saturated rings. The van der Waals surface area contributed by atoms with Crippen LogP contribution in [0.4, 0.5) is 28.4 Å². The Labute approximate surface area is 457 Å². The van der Waals surface area contributed by atoms with Gasteiger partial charge < -0.3 is 18.9 Å². The van der Waals surface area contributed by atoms with E-state index >= 15 is 0 Å². The molecule has 0 bridgehead atoms. The maximum Gasteiger partial charge on any atom is 0.0567 e. The molecule has 2 aliphatic carbocycles. The Morgan fingerprint density at radius 3 is 1.58 bits per heavy atom. The van der Waals surface area contributed by atoms with Gasteiger partial charge in [-0.3, -0.25) is 0 Å². The van der Waals surface area contributed by atoms with Crippen molar-refractivity contribution in [2.45, 2.75) is 39.2 Å². The number of hydrogen-bond donors (Lipinski definition) is 0. The average molecular weight is 1010 g/mol. The number of rotatable bonds is 11. The molecule has 2 unspecified atom stereocenters. The van der Waals surface area contributed by atoms with E-state index in [1.54, 1.807) is 0 Å². The van der Waals surface area contributed by atoms with Crippen molar-refractivity contribution in [2.75, 3.05) is 9.80 Å². The molecule has 78 heavy (non-hydrogen) atoms. The van der Waals surface area contributed by atoms with E-state index in [2.05, 4.69) is 306 Å². The number of hydrogen-bond acceptors (Lipinski definition) is 2. The van der Waals surface area contributed by atoms with Crippen molar-refractivity contribution in [3.8, 4) is 39.1 Å². The van der Waals surface area contributed by atoms with Crippen molar-refractivity contribution in [3.05, 3.63) is 278 Å². The molecule has 0 N–H and O–H groups in total. The zero-order chi connectivity index (χ0) is 52.1. The largest absolute Gasteiger partial charge is 0.334 e. The monoisotopic (exact) mass is 1000 g/mol. The summed E-state index contributed by atoms with van der Waals surface area (Å²) in [4.78, 5) is 4.97. The molecular formula is C74H60N4. The van der Waals surface area contributed by atoms with Crippen molar-refractivity contribution in [1.82, 2.24) is 9.13 Å². The van der Waals surface area contributed by atoms with E-state index in [0.717, 1.165) is 41.3 Å². The van der Waals surface area contributed by atoms with E-state index in [-0.39, 0.29) is 6.04 Å². The van der Waals surface area contributed by atoms with E-state index < -0.39 is 0 Å². The Bertz CT molecular complexity index is 4200. The number of benzene rings is 10. The Balaban J connectivity index is 0.837. The minimum Gasteiger partial charge on any atom is -0.334 e. The molecule has 4 heteroatoms. The Hall–Kier alpha value is -9.38. The standard InChI is InChI=1S/C74H60N4/c1-51-32-43-70(52(2)46-51)78-72-31-15-13-29-67(72)69-50-65(42-45-74(69)78)76(63-27-17-23-58(48-63)54-20-8-4-9-21-54)61-39-35-56(36-40-61)55-33-37-60(38-34-55)75(62-26-16-22-57(47-62)53-18-6-3-7-19-53)64-41-44-73-68(49-64)66-28-12-14-30-71(66)77(73)59-24-10-5-11-25-59/h3-31,33-45,47-48,50-52,64H,32,46,49H2,1-2H3/t51?,52-,64?/m0/s1. The normalized spacial score (nSPS) is 16.1. The van der Waals surface area contributed by atoms with Gasteiger partial charge in [-0.15, -0.1) is 0 Å². The number of para-hydroxylation sites is 3. The molecule has 0 amide bonds. The van der Waals surface area contributed by atoms with Gasteiger partial charge in [0.1, 0.15) is 0 Å². The van der Waals surface area contributed by atoms with Crippen LogP contribution in [-0.4, -0.2) is 15.2 Å². The first-order valence-corrected chi connectivity index (χ1v) is 27.7. The second kappa shape index (κ2) is 20.0. The summed E-state index contributed by atoms with van der Waals surface area (Å²) in [5.41, 5.74) is 21.7. The molecule has 14 rings (SSSR count). The fourth-order valence-corrected chi connectivity index (χ4v) is 12.8. The van der Waals surface area contributed by atoms with Crippen molar-refractivity contribution >= 4 is 72.9 Å². The van der Waals surface area contributed by atoms with Gasteiger partial charge >= 0.3 is 0 Å². The van der Waals surface area contributed by atoms with Gasteiger partial charge in [0.25, 0.3) is 0 Å². The number of fused-ring (bicyclic) bond motifs is 6. The third kappa shape index (κ3) is 8.51. The number of allylic oxidation sites excluding steroid dienone is 2. The highest BCUT2D eigenvalue weighted by Crippen LogP contribution is 2.45. The SMILES string of the molecule is CC1CC=C(n2c3ccccc3c3cc(N(c4ccc(-c5ccc(N(c6cccc(-c7ccccc7)c6)C6C=Cc7c(c8ccccc8n7-c7ccccc7)C6)cc5)cc4)c4cccc(-c5ccccc5)c4)ccc32)[C@@H](C)C1. The van der Waals surface area contributed by atoms with Crippen molar-refractivity contribution in [1.29, 1.82) is 0 Å². The van der Waals surface area contributed by atoms with E-state index in [1.165, 1.54) is 95.2 Å². The Kier molecular flexibility index (Phi) is 12.1. The zero-order valence-electron chi connectivity index (χ0n) is 44.1. The minimum atomic E-state index is 0.0718. The maximum atomic E-state index is 2.54. The molecule has 0 saturated heterocycles. The molecule has 0 saturated carbocycles. The molecule has 3 atom stereocenters. The molecule has 0 radical (unpaired) electrons. The third-order valence-corrected chi connectivity index (χ3v) is 16.5. The summed E-state index contributed by atoms with van der Waals surface area (Å²) < 4.78 is 4.97. The topological polar surface area (TPSA) is 16.3 Å². The van der Waals surface area contributed by atoms with Crippen LogP contribution in [0.5, 0.6) is 0 Å². The van der Waals surface area contributed by atoms with Gasteiger partial charge in [0.05, 0.1) is 22.6 Å². The lowest BCUT2D eigenvalue weighted by Crippen LogP contribution is -2.33. The minimum absolute atomic E-state index is 0.0718. The lowest BCUT2D eigenvalue weighted by atomic mass is 9.86. The first kappa shape index (κ1) is 47.1. The second-order valence-corrected chi connectivity index (χ2v) is 21.5. The highest BCUT2D eigenvalue weighted by atomic mass is 15.2. The lowest BCUT2D eigenvalue weighted by molar-refractivity contribution is 0.451. The fraction of sp³-hybridized carbons (Fsp3) is 0.108. The van der Waals surface area contributed by atoms with Gasteiger partial charge in [0.15, 0.2) is 0 Å². The molecule has 2 aliphatic rings. The van der Waals surface area contributed by atoms with Crippen LogP contribution in [0.1, 0.15) is 37.9 Å². The summed E-state index contributed by atoms with van der Waals surface area (Å²) >= 11 is 0. The lowest BCUT2D eigenvalue weighted by Gasteiger charge is -2.34. The number of aromatic nitrogens is 2. The highest BCUT2D eigenvalue weighted by molar-refractivity contribution is 6.11. The van der Waals surface area contributed by atoms with Crippen LogP contribution in [0, 0.1) is 11.8 Å². The van der Waals surface area contributed by atoms with Gasteiger partial charge in [-0.05, 0) is 167 Å². The number of anilines is 5. The van der Waals surface area contributed by atoms with Crippen molar-refractivity contribution < 1.29 is 0 Å². The molecule has 0 aliphatic heterocycles. The van der Waals surface area contributed by atoms with Crippen LogP contribution in [-0.2, 0) is 6.42 Å². The van der Waals surface area contributed by atoms with Crippen LogP contribution in [0.15, 0.2) is 267 Å². The molecule has 10 aromatic carbocycles. The summed E-state index contributed by atoms with van der Waals surface area (Å²) in [6, 6.07) is 93.6. The van der Waals surface area contributed by atoms with Crippen molar-refractivity contribution in [3.63, 3.8) is 0 Å². The van der Waals surface area contributed by atoms with Crippen LogP contribution in [0.25, 0.3) is 83.5 Å². The van der Waals surface area contributed by atoms with Crippen LogP contribution in [0.2, 0.25) is 0 Å². The average Bonchev–Trinajstić information content (AvgIpc) is 4.05. The van der Waals surface area contributed by atoms with Gasteiger partial charge in [-0.2, -0.15) is 0 Å². The first-order chi connectivity index (χ1) is 38.5. The summed E-state index contributed by atoms with van der Waals surface area (Å²) in [5, 5.41) is 3.84. The Morgan fingerprint density at radius 1 is 0.397 bits per heavy atom. The van der Waals surface area contributed by atoms with E-state index in [4.69, 9.17) is 0 Å². The van der Waals surface area contributed by atoms with Crippen LogP contribution < -0.4 is 9.80 Å². The molecule has 0 spiro atoms. The summed E-state index contributed by atoms with van der Waals surface area (Å²) in [7, 11) is 0. The van der Waals surface area contributed by atoms with Crippen LogP contribution in [0.3, 0.4) is 0 Å². The Morgan fingerprint density at radius 2 is 0.910 bits per heavy atom. The maximum absolute atomic E-state index is 2.54. The predicted octanol–water partition coefficient (Wildman–Crippen LogP) is 19.9. The number of nitrogens with zero attached hydrogens (tertiary/aromatic N) is 4. The highest BCUT2D eigenvalue weighted by Gasteiger charge is 2.29. The van der Waals surface area contributed by atoms with Gasteiger partial charge in [-0.25, -0.2) is 0 Å². The predicted molar refractivity (Wildman–Crippen MR) is 331 cm³/mol. The van der Waals surface area contributed by atoms with E-state index in [1.807, 2.05) is 0 Å². The van der Waals surface area contributed by atoms with Gasteiger partial charge in [0.2, 0.25) is 0 Å². The summed E-state index contributed by atoms with van der Waals surface area (Å²) in [6.45, 7) is 4.77. The molecule has 12 aromatic rings. The smallest absolute Gasteiger partial charge is 0.0567 e. The quantitative estimate of drug-likeness (QED) is 0.128. The summed E-state index contributed by atoms with van der Waals surface area (Å²) in [5.74, 6) is 1.18. The van der Waals surface area contributed by atoms with Crippen LogP contribution >= 0.6 is 0 Å². The molecular weight excluding hydrogens is 945 g/mol. The van der Waals surface area contributed by atoms with Gasteiger partial charge in [0, 0.05) is 61.7 Å². The summed E-state index contributed by atoms with van der Waals surface area (Å²) in [6.07, 6.45) is 10.4.